The molecule has 10 nitrogen and oxygen atoms in total. The van der Waals surface area contributed by atoms with E-state index in [9.17, 15) is 49.1 Å². The lowest BCUT2D eigenvalue weighted by atomic mass is 9.89. The average molecular weight is 697 g/mol. The van der Waals surface area contributed by atoms with Crippen LogP contribution < -0.4 is 15.9 Å². The maximum atomic E-state index is 13.8. The molecule has 0 bridgehead atoms. The van der Waals surface area contributed by atoms with E-state index < -0.39 is 72.0 Å². The molecule has 0 aliphatic carbocycles. The largest absolute Gasteiger partial charge is 0.489 e. The number of rotatable bonds is 8. The number of benzene rings is 2. The molecule has 19 heteroatoms. The van der Waals surface area contributed by atoms with E-state index in [0.29, 0.717) is 18.6 Å². The summed E-state index contributed by atoms with van der Waals surface area (Å²) in [6, 6.07) is 1.95. The maximum absolute atomic E-state index is 13.8. The van der Waals surface area contributed by atoms with Gasteiger partial charge in [0.1, 0.15) is 6.54 Å². The zero-order valence-corrected chi connectivity index (χ0v) is 25.5. The van der Waals surface area contributed by atoms with E-state index in [0.717, 1.165) is 35.4 Å². The molecule has 48 heavy (non-hydrogen) atoms. The Bertz CT molecular complexity index is 1560. The predicted molar refractivity (Wildman–Crippen MR) is 151 cm³/mol. The highest BCUT2D eigenvalue weighted by Gasteiger charge is 2.41. The number of carbonyl (C=O) groups is 1. The van der Waals surface area contributed by atoms with Crippen molar-refractivity contribution in [3.05, 3.63) is 70.0 Å². The van der Waals surface area contributed by atoms with E-state index in [2.05, 4.69) is 16.0 Å². The molecule has 262 valence electrons. The molecular weight excluding hydrogens is 667 g/mol. The van der Waals surface area contributed by atoms with Crippen molar-refractivity contribution in [3.8, 4) is 0 Å². The number of alkyl halides is 9. The minimum atomic E-state index is -5.14. The number of fused-ring (bicyclic) bond motifs is 1. The molecule has 0 saturated carbocycles. The highest BCUT2D eigenvalue weighted by Crippen LogP contribution is 2.44. The Labute approximate surface area is 267 Å². The molecular formula is C29H29F9N6O4. The van der Waals surface area contributed by atoms with Gasteiger partial charge in [0.15, 0.2) is 11.7 Å². The van der Waals surface area contributed by atoms with Crippen molar-refractivity contribution in [2.75, 3.05) is 25.2 Å². The van der Waals surface area contributed by atoms with Gasteiger partial charge in [-0.3, -0.25) is 15.3 Å². The minimum absolute atomic E-state index is 0.0157. The van der Waals surface area contributed by atoms with Gasteiger partial charge in [-0.15, -0.1) is 10.7 Å². The summed E-state index contributed by atoms with van der Waals surface area (Å²) in [6.07, 6.45) is -15.6. The number of anilines is 1. The van der Waals surface area contributed by atoms with Crippen LogP contribution in [-0.2, 0) is 39.3 Å². The fraction of sp³-hybridized carbons (Fsp3) is 0.448. The molecule has 2 atom stereocenters. The summed E-state index contributed by atoms with van der Waals surface area (Å²) >= 11 is 0. The maximum Gasteiger partial charge on any atom is 0.416 e. The molecule has 4 rings (SSSR count). The van der Waals surface area contributed by atoms with Crippen LogP contribution in [0.4, 0.5) is 50.0 Å². The lowest BCUT2D eigenvalue weighted by Gasteiger charge is -2.39. The quantitative estimate of drug-likeness (QED) is 0.186. The van der Waals surface area contributed by atoms with Gasteiger partial charge < -0.3 is 9.47 Å². The zero-order chi connectivity index (χ0) is 35.6. The van der Waals surface area contributed by atoms with Crippen LogP contribution in [0.15, 0.2) is 47.1 Å². The monoisotopic (exact) mass is 696 g/mol. The number of amides is 1. The molecule has 0 unspecified atom stereocenters. The van der Waals surface area contributed by atoms with Gasteiger partial charge in [0.05, 0.1) is 48.7 Å². The second kappa shape index (κ2) is 13.9. The summed E-state index contributed by atoms with van der Waals surface area (Å²) in [6.45, 7) is 2.11. The first-order valence-electron chi connectivity index (χ1n) is 14.3. The molecule has 2 aliphatic heterocycles. The van der Waals surface area contributed by atoms with Crippen molar-refractivity contribution in [3.63, 3.8) is 0 Å². The Morgan fingerprint density at radius 2 is 1.58 bits per heavy atom. The first-order chi connectivity index (χ1) is 22.4. The van der Waals surface area contributed by atoms with Gasteiger partial charge in [0.2, 0.25) is 5.96 Å². The number of guanidine groups is 1. The van der Waals surface area contributed by atoms with Crippen molar-refractivity contribution < 1.29 is 58.6 Å². The molecule has 2 heterocycles. The fourth-order valence-electron chi connectivity index (χ4n) is 5.26. The molecule has 2 aliphatic rings. The van der Waals surface area contributed by atoms with E-state index in [1.54, 1.807) is 13.8 Å². The summed E-state index contributed by atoms with van der Waals surface area (Å²) in [5.74, 6) is 0.935. The Morgan fingerprint density at radius 1 is 0.958 bits per heavy atom. The van der Waals surface area contributed by atoms with Gasteiger partial charge in [-0.1, -0.05) is 6.92 Å². The fourth-order valence-corrected chi connectivity index (χ4v) is 5.26. The molecule has 1 amide bonds. The van der Waals surface area contributed by atoms with Crippen molar-refractivity contribution in [1.82, 2.24) is 21.1 Å². The van der Waals surface area contributed by atoms with Crippen molar-refractivity contribution in [1.29, 1.82) is 0 Å². The van der Waals surface area contributed by atoms with E-state index in [1.165, 1.54) is 10.8 Å². The molecule has 2 aromatic carbocycles. The number of ether oxygens (including phenoxy) is 2. The predicted octanol–water partition coefficient (Wildman–Crippen LogP) is 6.39. The van der Waals surface area contributed by atoms with Gasteiger partial charge in [0.25, 0.3) is 0 Å². The molecule has 0 radical (unpaired) electrons. The molecule has 1 fully saturated rings. The molecule has 0 aromatic heterocycles. The van der Waals surface area contributed by atoms with Crippen LogP contribution in [0.25, 0.3) is 0 Å². The second-order valence-corrected chi connectivity index (χ2v) is 10.6. The van der Waals surface area contributed by atoms with Crippen LogP contribution in [0, 0.1) is 0 Å². The van der Waals surface area contributed by atoms with Gasteiger partial charge in [-0.2, -0.15) is 39.5 Å². The third-order valence-corrected chi connectivity index (χ3v) is 7.51. The summed E-state index contributed by atoms with van der Waals surface area (Å²) < 4.78 is 133. The normalized spacial score (nSPS) is 19.5. The highest BCUT2D eigenvalue weighted by atomic mass is 19.4. The highest BCUT2D eigenvalue weighted by molar-refractivity contribution is 5.91. The Balaban J connectivity index is 1.86. The average Bonchev–Trinajstić information content (AvgIpc) is 3.37. The van der Waals surface area contributed by atoms with Crippen molar-refractivity contribution >= 4 is 23.7 Å². The lowest BCUT2D eigenvalue weighted by Crippen LogP contribution is -2.45. The van der Waals surface area contributed by atoms with Crippen LogP contribution in [-0.4, -0.2) is 54.4 Å². The third-order valence-electron chi connectivity index (χ3n) is 7.51. The third kappa shape index (κ3) is 7.96. The van der Waals surface area contributed by atoms with Gasteiger partial charge >= 0.3 is 24.6 Å². The standard InChI is InChI=1S/C29H29F9N6O4/c1-4-20-12-23(22-11-17(27(30,31)32)6-7-24(22)44(20)26(46)48-5-2)39-25-40-41-43(14-21(15-45)47-3)42(25)13-16-8-18(28(33,34)35)10-19(9-16)29(36,37)38/h6-11,20,23,41H,4-5,12-14H2,1-3H3,(H,39,40)/t20-,23+/m1/s1. The molecule has 2 aromatic rings. The second-order valence-electron chi connectivity index (χ2n) is 10.6. The number of hydrogen-bond acceptors (Lipinski definition) is 7. The number of aliphatic imine (C=N–C) groups is 1. The first-order valence-corrected chi connectivity index (χ1v) is 14.3. The number of nitrogens with zero attached hydrogens (tertiary/aromatic N) is 4. The van der Waals surface area contributed by atoms with Gasteiger partial charge in [0, 0.05) is 11.6 Å². The number of halogens is 9. The molecule has 1 saturated heterocycles. The van der Waals surface area contributed by atoms with Crippen molar-refractivity contribution in [2.45, 2.75) is 63.8 Å². The smallest absolute Gasteiger partial charge is 0.416 e. The van der Waals surface area contributed by atoms with Crippen LogP contribution in [0.1, 0.15) is 60.5 Å². The Kier molecular flexibility index (Phi) is 10.6. The Morgan fingerprint density at radius 3 is 2.10 bits per heavy atom. The zero-order valence-electron chi connectivity index (χ0n) is 25.5. The number of methoxy groups -OCH3 is 1. The van der Waals surface area contributed by atoms with Crippen LogP contribution >= 0.6 is 0 Å². The number of nitrogens with one attached hydrogen (secondary N) is 2. The lowest BCUT2D eigenvalue weighted by molar-refractivity contribution is -0.143. The van der Waals surface area contributed by atoms with Crippen LogP contribution in [0.2, 0.25) is 0 Å². The topological polar surface area (TPSA) is 98.7 Å². The van der Waals surface area contributed by atoms with Gasteiger partial charge in [-0.25, -0.2) is 14.6 Å². The summed E-state index contributed by atoms with van der Waals surface area (Å²) in [5, 5.41) is 2.10. The van der Waals surface area contributed by atoms with E-state index >= 15 is 0 Å². The Hall–Kier alpha value is -4.48. The first kappa shape index (κ1) is 36.4. The van der Waals surface area contributed by atoms with Crippen LogP contribution in [0.3, 0.4) is 0 Å². The number of hydrogen-bond donors (Lipinski definition) is 2. The summed E-state index contributed by atoms with van der Waals surface area (Å²) in [4.78, 5) is 30.1. The SMILES string of the molecule is CCOC(=O)N1c2ccc(C(F)(F)F)cc2[C@@H](N=C2NNN(CC(=C=O)OC)N2Cc2cc(C(F)(F)F)cc(C(F)(F)F)c2)C[C@H]1CC. The van der Waals surface area contributed by atoms with Gasteiger partial charge in [-0.05, 0) is 61.7 Å². The summed E-state index contributed by atoms with van der Waals surface area (Å²) in [7, 11) is 1.13. The minimum Gasteiger partial charge on any atom is -0.489 e. The van der Waals surface area contributed by atoms with E-state index in [-0.39, 0.29) is 42.1 Å². The number of hydrazine groups is 3. The van der Waals surface area contributed by atoms with E-state index in [1.807, 2.05) is 0 Å². The van der Waals surface area contributed by atoms with E-state index in [4.69, 9.17) is 9.47 Å². The van der Waals surface area contributed by atoms with Crippen LogP contribution in [0.5, 0.6) is 0 Å². The van der Waals surface area contributed by atoms with Crippen molar-refractivity contribution in [2.24, 2.45) is 4.99 Å². The summed E-state index contributed by atoms with van der Waals surface area (Å²) in [5.41, 5.74) is 0.538. The molecule has 2 N–H and O–H groups in total. The number of carbonyl (C=O) groups excluding carboxylic acids is 2. The molecule has 0 spiro atoms.